The fraction of sp³-hybridized carbons (Fsp3) is 0.364. The van der Waals surface area contributed by atoms with Gasteiger partial charge in [0.25, 0.3) is 0 Å². The summed E-state index contributed by atoms with van der Waals surface area (Å²) >= 11 is 0. The average molecular weight is 333 g/mol. The summed E-state index contributed by atoms with van der Waals surface area (Å²) in [5, 5.41) is 6.40. The lowest BCUT2D eigenvalue weighted by Crippen LogP contribution is -2.33. The Morgan fingerprint density at radius 1 is 1.38 bits per heavy atom. The van der Waals surface area contributed by atoms with E-state index >= 15 is 0 Å². The molecule has 0 amide bonds. The highest BCUT2D eigenvalue weighted by molar-refractivity contribution is 14.0. The Morgan fingerprint density at radius 2 is 2.12 bits per heavy atom. The predicted molar refractivity (Wildman–Crippen MR) is 75.6 cm³/mol. The van der Waals surface area contributed by atoms with Crippen LogP contribution in [0.4, 0.5) is 0 Å². The van der Waals surface area contributed by atoms with Gasteiger partial charge in [-0.3, -0.25) is 4.99 Å². The van der Waals surface area contributed by atoms with Crippen molar-refractivity contribution in [1.82, 2.24) is 10.6 Å². The Labute approximate surface area is 113 Å². The zero-order valence-corrected chi connectivity index (χ0v) is 11.5. The molecule has 4 nitrogen and oxygen atoms in total. The summed E-state index contributed by atoms with van der Waals surface area (Å²) in [4.78, 5) is 4.25. The highest BCUT2D eigenvalue weighted by Gasteiger charge is 2.03. The highest BCUT2D eigenvalue weighted by atomic mass is 127. The molecule has 1 heterocycles. The van der Waals surface area contributed by atoms with Gasteiger partial charge in [0.2, 0.25) is 0 Å². The van der Waals surface area contributed by atoms with Crippen LogP contribution in [0.2, 0.25) is 0 Å². The predicted octanol–water partition coefficient (Wildman–Crippen LogP) is 1.36. The number of guanidine groups is 1. The van der Waals surface area contributed by atoms with Crippen molar-refractivity contribution in [2.75, 3.05) is 20.2 Å². The molecule has 0 spiro atoms. The van der Waals surface area contributed by atoms with E-state index in [2.05, 4.69) is 15.6 Å². The van der Waals surface area contributed by atoms with Crippen LogP contribution in [0.15, 0.2) is 29.3 Å². The summed E-state index contributed by atoms with van der Waals surface area (Å²) in [6.07, 6.45) is 0. The van der Waals surface area contributed by atoms with E-state index in [0.717, 1.165) is 31.3 Å². The number of methoxy groups -OCH3 is 1. The number of halogens is 1. The molecule has 2 N–H and O–H groups in total. The number of nitrogens with zero attached hydrogens (tertiary/aromatic N) is 1. The van der Waals surface area contributed by atoms with E-state index in [9.17, 15) is 0 Å². The largest absolute Gasteiger partial charge is 0.497 e. The molecule has 1 aromatic rings. The maximum atomic E-state index is 5.09. The van der Waals surface area contributed by atoms with E-state index in [4.69, 9.17) is 4.74 Å². The molecule has 0 saturated carbocycles. The van der Waals surface area contributed by atoms with Gasteiger partial charge in [-0.25, -0.2) is 0 Å². The van der Waals surface area contributed by atoms with Crippen molar-refractivity contribution in [1.29, 1.82) is 0 Å². The summed E-state index contributed by atoms with van der Waals surface area (Å²) in [6.45, 7) is 2.59. The van der Waals surface area contributed by atoms with Crippen LogP contribution in [0.5, 0.6) is 5.75 Å². The Kier molecular flexibility index (Phi) is 5.37. The Morgan fingerprint density at radius 3 is 2.69 bits per heavy atom. The third-order valence-corrected chi connectivity index (χ3v) is 2.29. The van der Waals surface area contributed by atoms with E-state index in [1.165, 1.54) is 5.56 Å². The SMILES string of the molecule is COc1ccc(CNC2=NCCN2)cc1.I. The second-order valence-electron chi connectivity index (χ2n) is 3.36. The van der Waals surface area contributed by atoms with Crippen molar-refractivity contribution in [2.24, 2.45) is 4.99 Å². The molecule has 16 heavy (non-hydrogen) atoms. The van der Waals surface area contributed by atoms with Crippen molar-refractivity contribution < 1.29 is 4.74 Å². The molecule has 1 aliphatic rings. The molecule has 1 aliphatic heterocycles. The van der Waals surface area contributed by atoms with E-state index in [-0.39, 0.29) is 24.0 Å². The smallest absolute Gasteiger partial charge is 0.191 e. The molecule has 0 bridgehead atoms. The molecule has 5 heteroatoms. The minimum absolute atomic E-state index is 0. The number of nitrogens with one attached hydrogen (secondary N) is 2. The lowest BCUT2D eigenvalue weighted by Gasteiger charge is -2.07. The van der Waals surface area contributed by atoms with Gasteiger partial charge in [-0.2, -0.15) is 0 Å². The van der Waals surface area contributed by atoms with Gasteiger partial charge in [0.05, 0.1) is 13.7 Å². The lowest BCUT2D eigenvalue weighted by atomic mass is 10.2. The highest BCUT2D eigenvalue weighted by Crippen LogP contribution is 2.10. The van der Waals surface area contributed by atoms with Crippen LogP contribution in [-0.2, 0) is 6.54 Å². The minimum Gasteiger partial charge on any atom is -0.497 e. The Balaban J connectivity index is 0.00000128. The molecule has 0 unspecified atom stereocenters. The minimum atomic E-state index is 0. The molecule has 2 rings (SSSR count). The van der Waals surface area contributed by atoms with Crippen LogP contribution >= 0.6 is 24.0 Å². The zero-order valence-electron chi connectivity index (χ0n) is 9.19. The van der Waals surface area contributed by atoms with Crippen LogP contribution in [0.3, 0.4) is 0 Å². The lowest BCUT2D eigenvalue weighted by molar-refractivity contribution is 0.414. The van der Waals surface area contributed by atoms with Crippen molar-refractivity contribution in [3.05, 3.63) is 29.8 Å². The first-order chi connectivity index (χ1) is 7.38. The molecule has 1 aromatic carbocycles. The summed E-state index contributed by atoms with van der Waals surface area (Å²) in [5.74, 6) is 1.78. The van der Waals surface area contributed by atoms with Crippen molar-refractivity contribution in [3.8, 4) is 5.75 Å². The fourth-order valence-corrected chi connectivity index (χ4v) is 1.45. The van der Waals surface area contributed by atoms with Gasteiger partial charge in [-0.15, -0.1) is 24.0 Å². The van der Waals surface area contributed by atoms with Crippen LogP contribution < -0.4 is 15.4 Å². The van der Waals surface area contributed by atoms with Gasteiger partial charge in [-0.1, -0.05) is 12.1 Å². The molecule has 0 aromatic heterocycles. The first-order valence-electron chi connectivity index (χ1n) is 5.03. The van der Waals surface area contributed by atoms with Gasteiger partial charge in [0, 0.05) is 13.1 Å². The van der Waals surface area contributed by atoms with Gasteiger partial charge in [-0.05, 0) is 17.7 Å². The second-order valence-corrected chi connectivity index (χ2v) is 3.36. The summed E-state index contributed by atoms with van der Waals surface area (Å²) in [5.41, 5.74) is 1.22. The molecule has 0 atom stereocenters. The normalized spacial score (nSPS) is 13.4. The van der Waals surface area contributed by atoms with Crippen molar-refractivity contribution >= 4 is 29.9 Å². The molecular formula is C11H16IN3O. The maximum Gasteiger partial charge on any atom is 0.191 e. The zero-order chi connectivity index (χ0) is 10.5. The number of hydrogen-bond acceptors (Lipinski definition) is 4. The van der Waals surface area contributed by atoms with Gasteiger partial charge < -0.3 is 15.4 Å². The summed E-state index contributed by atoms with van der Waals surface area (Å²) < 4.78 is 5.09. The second kappa shape index (κ2) is 6.57. The van der Waals surface area contributed by atoms with Crippen LogP contribution in [0.25, 0.3) is 0 Å². The standard InChI is InChI=1S/C11H15N3O.HI/c1-15-10-4-2-9(3-5-10)8-14-11-12-6-7-13-11;/h2-5H,6-8H2,1H3,(H2,12,13,14);1H. The number of aliphatic imine (C=N–C) groups is 1. The van der Waals surface area contributed by atoms with Gasteiger partial charge in [0.15, 0.2) is 5.96 Å². The van der Waals surface area contributed by atoms with E-state index < -0.39 is 0 Å². The van der Waals surface area contributed by atoms with Crippen molar-refractivity contribution in [3.63, 3.8) is 0 Å². The fourth-order valence-electron chi connectivity index (χ4n) is 1.45. The molecule has 0 saturated heterocycles. The molecule has 0 fully saturated rings. The first kappa shape index (κ1) is 13.1. The summed E-state index contributed by atoms with van der Waals surface area (Å²) in [6, 6.07) is 8.00. The Bertz CT molecular complexity index is 351. The number of benzene rings is 1. The van der Waals surface area contributed by atoms with Crippen molar-refractivity contribution in [2.45, 2.75) is 6.54 Å². The quantitative estimate of drug-likeness (QED) is 0.821. The van der Waals surface area contributed by atoms with Gasteiger partial charge >= 0.3 is 0 Å². The molecule has 0 radical (unpaired) electrons. The van der Waals surface area contributed by atoms with E-state index in [0.29, 0.717) is 0 Å². The van der Waals surface area contributed by atoms with Gasteiger partial charge in [0.1, 0.15) is 5.75 Å². The van der Waals surface area contributed by atoms with Crippen LogP contribution in [0.1, 0.15) is 5.56 Å². The first-order valence-corrected chi connectivity index (χ1v) is 5.03. The molecule has 88 valence electrons. The average Bonchev–Trinajstić information content (AvgIpc) is 2.80. The third-order valence-electron chi connectivity index (χ3n) is 2.29. The molecule has 0 aliphatic carbocycles. The Hall–Kier alpha value is -0.980. The van der Waals surface area contributed by atoms with Crippen LogP contribution in [-0.4, -0.2) is 26.2 Å². The van der Waals surface area contributed by atoms with E-state index in [1.54, 1.807) is 7.11 Å². The number of rotatable bonds is 3. The van der Waals surface area contributed by atoms with Crippen LogP contribution in [0, 0.1) is 0 Å². The third kappa shape index (κ3) is 3.55. The monoisotopic (exact) mass is 333 g/mol. The topological polar surface area (TPSA) is 45.6 Å². The molecular weight excluding hydrogens is 317 g/mol. The maximum absolute atomic E-state index is 5.09. The van der Waals surface area contributed by atoms with E-state index in [1.807, 2.05) is 24.3 Å². The number of ether oxygens (including phenoxy) is 1. The summed E-state index contributed by atoms with van der Waals surface area (Å²) in [7, 11) is 1.67. The number of hydrogen-bond donors (Lipinski definition) is 2.